The van der Waals surface area contributed by atoms with Gasteiger partial charge in [0.25, 0.3) is 0 Å². The zero-order chi connectivity index (χ0) is 26.6. The molecule has 4 heteroatoms. The zero-order valence-electron chi connectivity index (χ0n) is 23.7. The maximum Gasteiger partial charge on any atom is 0.145 e. The number of aliphatic hydroxyl groups is 2. The van der Waals surface area contributed by atoms with Gasteiger partial charge >= 0.3 is 0 Å². The van der Waals surface area contributed by atoms with Crippen LogP contribution in [0.2, 0.25) is 0 Å². The number of hydrogen-bond donors (Lipinski definition) is 2. The standard InChI is InChI=1S/C31H52O4/c1-23(2)12-9-13-24(3)16-17-29(33)25(4)14-10-19-30(6)28(15-11-21-35-8)27(26(5)22-32)18-20-31(30,7)34/h12,14,16,22,28-29,33-34H,9-11,13,15,17-21H2,1-8H3/b24-16+,25-14+,27-26-/t28-,29?,30+,31+/m1/s1. The number of allylic oxidation sites excluding steroid dienone is 6. The molecule has 1 aliphatic carbocycles. The van der Waals surface area contributed by atoms with E-state index < -0.39 is 11.7 Å². The molecule has 1 unspecified atom stereocenters. The first kappa shape index (κ1) is 31.5. The number of carbonyl (C=O) groups is 1. The van der Waals surface area contributed by atoms with Crippen molar-refractivity contribution in [3.05, 3.63) is 46.1 Å². The van der Waals surface area contributed by atoms with E-state index in [4.69, 9.17) is 4.74 Å². The van der Waals surface area contributed by atoms with Gasteiger partial charge in [0.05, 0.1) is 11.7 Å². The van der Waals surface area contributed by atoms with Crippen molar-refractivity contribution < 1.29 is 19.7 Å². The fraction of sp³-hybridized carbons (Fsp3) is 0.710. The van der Waals surface area contributed by atoms with Crippen LogP contribution in [0.3, 0.4) is 0 Å². The van der Waals surface area contributed by atoms with Gasteiger partial charge in [0, 0.05) is 19.1 Å². The summed E-state index contributed by atoms with van der Waals surface area (Å²) in [6.45, 7) is 15.1. The molecule has 1 fully saturated rings. The third kappa shape index (κ3) is 9.48. The predicted molar refractivity (Wildman–Crippen MR) is 147 cm³/mol. The van der Waals surface area contributed by atoms with Gasteiger partial charge in [-0.2, -0.15) is 0 Å². The summed E-state index contributed by atoms with van der Waals surface area (Å²) in [7, 11) is 1.71. The normalized spacial score (nSPS) is 28.0. The van der Waals surface area contributed by atoms with E-state index in [1.165, 1.54) is 16.7 Å². The highest BCUT2D eigenvalue weighted by Crippen LogP contribution is 2.55. The summed E-state index contributed by atoms with van der Waals surface area (Å²) < 4.78 is 5.29. The number of carbonyl (C=O) groups excluding carboxylic acids is 1. The third-order valence-corrected chi connectivity index (χ3v) is 8.26. The molecule has 2 N–H and O–H groups in total. The molecule has 0 aromatic carbocycles. The van der Waals surface area contributed by atoms with Gasteiger partial charge < -0.3 is 14.9 Å². The third-order valence-electron chi connectivity index (χ3n) is 8.26. The van der Waals surface area contributed by atoms with Gasteiger partial charge in [0.1, 0.15) is 6.29 Å². The fourth-order valence-electron chi connectivity index (χ4n) is 5.44. The predicted octanol–water partition coefficient (Wildman–Crippen LogP) is 7.27. The lowest BCUT2D eigenvalue weighted by molar-refractivity contribution is -0.115. The quantitative estimate of drug-likeness (QED) is 0.117. The first-order chi connectivity index (χ1) is 16.4. The van der Waals surface area contributed by atoms with E-state index >= 15 is 0 Å². The number of methoxy groups -OCH3 is 1. The van der Waals surface area contributed by atoms with E-state index in [0.29, 0.717) is 19.4 Å². The summed E-state index contributed by atoms with van der Waals surface area (Å²) in [5, 5.41) is 22.2. The van der Waals surface area contributed by atoms with Crippen LogP contribution in [0.25, 0.3) is 0 Å². The molecule has 0 saturated heterocycles. The lowest BCUT2D eigenvalue weighted by atomic mass is 9.54. The van der Waals surface area contributed by atoms with Crippen molar-refractivity contribution >= 4 is 6.29 Å². The molecule has 0 aliphatic heterocycles. The Hall–Kier alpha value is -1.49. The largest absolute Gasteiger partial charge is 0.390 e. The second-order valence-electron chi connectivity index (χ2n) is 11.3. The topological polar surface area (TPSA) is 66.8 Å². The molecule has 0 aromatic heterocycles. The second-order valence-corrected chi connectivity index (χ2v) is 11.3. The smallest absolute Gasteiger partial charge is 0.145 e. The van der Waals surface area contributed by atoms with Crippen molar-refractivity contribution in [2.24, 2.45) is 11.3 Å². The number of rotatable bonds is 14. The van der Waals surface area contributed by atoms with Crippen molar-refractivity contribution in [2.75, 3.05) is 13.7 Å². The van der Waals surface area contributed by atoms with Gasteiger partial charge in [-0.3, -0.25) is 4.79 Å². The van der Waals surface area contributed by atoms with Gasteiger partial charge in [0.2, 0.25) is 0 Å². The van der Waals surface area contributed by atoms with Gasteiger partial charge in [-0.05, 0) is 116 Å². The Labute approximate surface area is 215 Å². The molecule has 1 saturated carbocycles. The molecular formula is C31H52O4. The maximum atomic E-state index is 11.6. The monoisotopic (exact) mass is 488 g/mol. The summed E-state index contributed by atoms with van der Waals surface area (Å²) in [5.74, 6) is 0.136. The molecule has 1 rings (SSSR count). The highest BCUT2D eigenvalue weighted by molar-refractivity contribution is 5.74. The van der Waals surface area contributed by atoms with Crippen LogP contribution in [0.15, 0.2) is 46.1 Å². The Bertz CT molecular complexity index is 795. The molecule has 0 heterocycles. The van der Waals surface area contributed by atoms with Crippen molar-refractivity contribution in [1.29, 1.82) is 0 Å². The average molecular weight is 489 g/mol. The zero-order valence-corrected chi connectivity index (χ0v) is 23.7. The van der Waals surface area contributed by atoms with Gasteiger partial charge in [-0.15, -0.1) is 0 Å². The molecule has 0 amide bonds. The summed E-state index contributed by atoms with van der Waals surface area (Å²) in [4.78, 5) is 11.6. The Balaban J connectivity index is 2.94. The lowest BCUT2D eigenvalue weighted by Gasteiger charge is -2.53. The maximum absolute atomic E-state index is 11.6. The lowest BCUT2D eigenvalue weighted by Crippen LogP contribution is -2.52. The van der Waals surface area contributed by atoms with Gasteiger partial charge in [-0.1, -0.05) is 41.9 Å². The summed E-state index contributed by atoms with van der Waals surface area (Å²) >= 11 is 0. The van der Waals surface area contributed by atoms with Crippen molar-refractivity contribution in [3.8, 4) is 0 Å². The number of aliphatic hydroxyl groups excluding tert-OH is 1. The van der Waals surface area contributed by atoms with E-state index in [-0.39, 0.29) is 11.3 Å². The molecule has 4 nitrogen and oxygen atoms in total. The Morgan fingerprint density at radius 1 is 1.11 bits per heavy atom. The van der Waals surface area contributed by atoms with Crippen LogP contribution in [0.4, 0.5) is 0 Å². The van der Waals surface area contributed by atoms with Crippen molar-refractivity contribution in [2.45, 2.75) is 118 Å². The van der Waals surface area contributed by atoms with Crippen molar-refractivity contribution in [3.63, 3.8) is 0 Å². The highest BCUT2D eigenvalue weighted by atomic mass is 16.5. The molecule has 0 bridgehead atoms. The van der Waals surface area contributed by atoms with Crippen LogP contribution in [0, 0.1) is 11.3 Å². The minimum atomic E-state index is -0.817. The first-order valence-corrected chi connectivity index (χ1v) is 13.4. The van der Waals surface area contributed by atoms with Gasteiger partial charge in [0.15, 0.2) is 0 Å². The van der Waals surface area contributed by atoms with E-state index in [0.717, 1.165) is 62.4 Å². The molecule has 0 aromatic rings. The van der Waals surface area contributed by atoms with E-state index in [1.807, 2.05) is 20.8 Å². The average Bonchev–Trinajstić information content (AvgIpc) is 2.79. The summed E-state index contributed by atoms with van der Waals surface area (Å²) in [6.07, 6.45) is 14.5. The van der Waals surface area contributed by atoms with E-state index in [9.17, 15) is 15.0 Å². The van der Waals surface area contributed by atoms with Gasteiger partial charge in [-0.25, -0.2) is 0 Å². The molecule has 4 atom stereocenters. The molecule has 200 valence electrons. The SMILES string of the molecule is COCCC[C@@H]1/C(=C(/C)C=O)CC[C@](C)(O)[C@@]1(C)CC/C=C(\C)C(O)C/C=C(\C)CCC=C(C)C. The Kier molecular flexibility index (Phi) is 13.4. The summed E-state index contributed by atoms with van der Waals surface area (Å²) in [6, 6.07) is 0. The van der Waals surface area contributed by atoms with Crippen LogP contribution in [0.5, 0.6) is 0 Å². The molecule has 0 spiro atoms. The first-order valence-electron chi connectivity index (χ1n) is 13.4. The minimum absolute atomic E-state index is 0.136. The van der Waals surface area contributed by atoms with Crippen molar-refractivity contribution in [1.82, 2.24) is 0 Å². The Morgan fingerprint density at radius 2 is 1.80 bits per heavy atom. The van der Waals surface area contributed by atoms with Crippen LogP contribution in [-0.4, -0.2) is 41.9 Å². The minimum Gasteiger partial charge on any atom is -0.390 e. The number of aldehydes is 1. The number of ether oxygens (including phenoxy) is 1. The number of hydrogen-bond acceptors (Lipinski definition) is 4. The van der Waals surface area contributed by atoms with E-state index in [2.05, 4.69) is 45.9 Å². The molecular weight excluding hydrogens is 436 g/mol. The van der Waals surface area contributed by atoms with Crippen LogP contribution >= 0.6 is 0 Å². The van der Waals surface area contributed by atoms with Crippen LogP contribution in [-0.2, 0) is 9.53 Å². The molecule has 0 radical (unpaired) electrons. The highest BCUT2D eigenvalue weighted by Gasteiger charge is 2.52. The van der Waals surface area contributed by atoms with Crippen LogP contribution in [0.1, 0.15) is 106 Å². The molecule has 35 heavy (non-hydrogen) atoms. The van der Waals surface area contributed by atoms with Crippen LogP contribution < -0.4 is 0 Å². The molecule has 1 aliphatic rings. The van der Waals surface area contributed by atoms with E-state index in [1.54, 1.807) is 7.11 Å². The second kappa shape index (κ2) is 14.9. The fourth-order valence-corrected chi connectivity index (χ4v) is 5.44. The summed E-state index contributed by atoms with van der Waals surface area (Å²) in [5.41, 5.74) is 4.46. The Morgan fingerprint density at radius 3 is 2.40 bits per heavy atom.